The minimum atomic E-state index is -1.02. The Morgan fingerprint density at radius 2 is 1.61 bits per heavy atom. The zero-order chi connectivity index (χ0) is 14.1. The van der Waals surface area contributed by atoms with Crippen LogP contribution in [-0.4, -0.2) is 38.7 Å². The standard InChI is InChI=1S/C12H18O6/c1-8(5-6-18-9(2)13)7-10(11(14)16-3)12(15)17-4/h10H,1,5-7H2,2-4H3. The molecule has 0 atom stereocenters. The third-order valence-corrected chi connectivity index (χ3v) is 2.23. The van der Waals surface area contributed by atoms with Crippen LogP contribution in [0.25, 0.3) is 0 Å². The van der Waals surface area contributed by atoms with E-state index in [0.717, 1.165) is 0 Å². The van der Waals surface area contributed by atoms with Gasteiger partial charge in [-0.2, -0.15) is 0 Å². The quantitative estimate of drug-likeness (QED) is 0.291. The molecule has 0 aliphatic carbocycles. The van der Waals surface area contributed by atoms with Crippen molar-refractivity contribution in [1.29, 1.82) is 0 Å². The summed E-state index contributed by atoms with van der Waals surface area (Å²) in [5.74, 6) is -2.75. The summed E-state index contributed by atoms with van der Waals surface area (Å²) < 4.78 is 13.8. The Morgan fingerprint density at radius 3 is 2.00 bits per heavy atom. The molecule has 0 radical (unpaired) electrons. The average molecular weight is 258 g/mol. The van der Waals surface area contributed by atoms with Crippen LogP contribution in [0.1, 0.15) is 19.8 Å². The molecule has 6 heteroatoms. The van der Waals surface area contributed by atoms with Gasteiger partial charge in [-0.15, -0.1) is 0 Å². The van der Waals surface area contributed by atoms with E-state index in [-0.39, 0.29) is 19.0 Å². The number of hydrogen-bond acceptors (Lipinski definition) is 6. The van der Waals surface area contributed by atoms with Crippen molar-refractivity contribution in [3.8, 4) is 0 Å². The van der Waals surface area contributed by atoms with Crippen LogP contribution in [0.3, 0.4) is 0 Å². The molecule has 0 saturated heterocycles. The first-order valence-corrected chi connectivity index (χ1v) is 5.38. The summed E-state index contributed by atoms with van der Waals surface area (Å²) in [5, 5.41) is 0. The summed E-state index contributed by atoms with van der Waals surface area (Å²) >= 11 is 0. The molecule has 0 aromatic heterocycles. The Balaban J connectivity index is 4.31. The highest BCUT2D eigenvalue weighted by Crippen LogP contribution is 2.16. The summed E-state index contributed by atoms with van der Waals surface area (Å²) in [4.78, 5) is 33.3. The molecule has 6 nitrogen and oxygen atoms in total. The van der Waals surface area contributed by atoms with Gasteiger partial charge in [0.25, 0.3) is 0 Å². The van der Waals surface area contributed by atoms with Gasteiger partial charge in [-0.3, -0.25) is 14.4 Å². The maximum atomic E-state index is 11.4. The summed E-state index contributed by atoms with van der Waals surface area (Å²) in [6, 6.07) is 0. The predicted octanol–water partition coefficient (Wildman–Crippen LogP) is 0.848. The summed E-state index contributed by atoms with van der Waals surface area (Å²) in [7, 11) is 2.39. The number of ether oxygens (including phenoxy) is 3. The minimum absolute atomic E-state index is 0.112. The lowest BCUT2D eigenvalue weighted by molar-refractivity contribution is -0.158. The monoisotopic (exact) mass is 258 g/mol. The molecule has 18 heavy (non-hydrogen) atoms. The molecule has 0 fully saturated rings. The maximum Gasteiger partial charge on any atom is 0.320 e. The van der Waals surface area contributed by atoms with E-state index in [1.54, 1.807) is 0 Å². The van der Waals surface area contributed by atoms with E-state index in [1.807, 2.05) is 0 Å². The predicted molar refractivity (Wildman–Crippen MR) is 62.5 cm³/mol. The second-order valence-corrected chi connectivity index (χ2v) is 3.64. The highest BCUT2D eigenvalue weighted by Gasteiger charge is 2.28. The van der Waals surface area contributed by atoms with Gasteiger partial charge >= 0.3 is 17.9 Å². The molecule has 0 rings (SSSR count). The molecule has 0 unspecified atom stereocenters. The molecule has 0 saturated carbocycles. The van der Waals surface area contributed by atoms with E-state index in [2.05, 4.69) is 16.1 Å². The molecule has 102 valence electrons. The lowest BCUT2D eigenvalue weighted by Gasteiger charge is -2.13. The molecule has 0 bridgehead atoms. The van der Waals surface area contributed by atoms with Crippen LogP contribution in [0.4, 0.5) is 0 Å². The van der Waals surface area contributed by atoms with Gasteiger partial charge in [0.2, 0.25) is 0 Å². The van der Waals surface area contributed by atoms with Gasteiger partial charge in [0.1, 0.15) is 0 Å². The number of esters is 3. The maximum absolute atomic E-state index is 11.4. The van der Waals surface area contributed by atoms with Gasteiger partial charge in [-0.1, -0.05) is 12.2 Å². The van der Waals surface area contributed by atoms with Crippen LogP contribution in [0, 0.1) is 5.92 Å². The fourth-order valence-corrected chi connectivity index (χ4v) is 1.28. The van der Waals surface area contributed by atoms with Crippen LogP contribution < -0.4 is 0 Å². The Morgan fingerprint density at radius 1 is 1.11 bits per heavy atom. The van der Waals surface area contributed by atoms with Gasteiger partial charge < -0.3 is 14.2 Å². The van der Waals surface area contributed by atoms with Crippen molar-refractivity contribution >= 4 is 17.9 Å². The molecule has 0 aromatic rings. The van der Waals surface area contributed by atoms with Crippen LogP contribution in [0.5, 0.6) is 0 Å². The van der Waals surface area contributed by atoms with Gasteiger partial charge in [-0.25, -0.2) is 0 Å². The first-order valence-electron chi connectivity index (χ1n) is 5.38. The normalized spacial score (nSPS) is 9.78. The second-order valence-electron chi connectivity index (χ2n) is 3.64. The van der Waals surface area contributed by atoms with Crippen molar-refractivity contribution in [1.82, 2.24) is 0 Å². The van der Waals surface area contributed by atoms with Crippen LogP contribution in [0.15, 0.2) is 12.2 Å². The van der Waals surface area contributed by atoms with Crippen LogP contribution in [0.2, 0.25) is 0 Å². The van der Waals surface area contributed by atoms with Crippen molar-refractivity contribution in [2.45, 2.75) is 19.8 Å². The number of hydrogen-bond donors (Lipinski definition) is 0. The van der Waals surface area contributed by atoms with Gasteiger partial charge in [0, 0.05) is 13.3 Å². The third kappa shape index (κ3) is 6.03. The smallest absolute Gasteiger partial charge is 0.320 e. The summed E-state index contributed by atoms with van der Waals surface area (Å²) in [6.45, 7) is 5.19. The molecular formula is C12H18O6. The fourth-order valence-electron chi connectivity index (χ4n) is 1.28. The van der Waals surface area contributed by atoms with Gasteiger partial charge in [0.15, 0.2) is 5.92 Å². The topological polar surface area (TPSA) is 78.9 Å². The summed E-state index contributed by atoms with van der Waals surface area (Å²) in [6.07, 6.45) is 0.491. The summed E-state index contributed by atoms with van der Waals surface area (Å²) in [5.41, 5.74) is 0.608. The van der Waals surface area contributed by atoms with Gasteiger partial charge in [0.05, 0.1) is 20.8 Å². The number of carbonyl (C=O) groups excluding carboxylic acids is 3. The fraction of sp³-hybridized carbons (Fsp3) is 0.583. The molecular weight excluding hydrogens is 240 g/mol. The average Bonchev–Trinajstić information content (AvgIpc) is 2.33. The van der Waals surface area contributed by atoms with Crippen molar-refractivity contribution in [2.24, 2.45) is 5.92 Å². The molecule has 0 amide bonds. The van der Waals surface area contributed by atoms with Gasteiger partial charge in [-0.05, 0) is 6.42 Å². The SMILES string of the molecule is C=C(CCOC(C)=O)CC(C(=O)OC)C(=O)OC. The van der Waals surface area contributed by atoms with Crippen molar-refractivity contribution in [2.75, 3.05) is 20.8 Å². The zero-order valence-corrected chi connectivity index (χ0v) is 10.9. The van der Waals surface area contributed by atoms with Crippen molar-refractivity contribution < 1.29 is 28.6 Å². The first kappa shape index (κ1) is 16.1. The highest BCUT2D eigenvalue weighted by atomic mass is 16.5. The second kappa shape index (κ2) is 8.27. The largest absolute Gasteiger partial charge is 0.468 e. The Hall–Kier alpha value is -1.85. The van der Waals surface area contributed by atoms with Crippen LogP contribution in [-0.2, 0) is 28.6 Å². The van der Waals surface area contributed by atoms with E-state index in [4.69, 9.17) is 4.74 Å². The Kier molecular flexibility index (Phi) is 7.42. The van der Waals surface area contributed by atoms with E-state index in [0.29, 0.717) is 12.0 Å². The molecule has 0 spiro atoms. The van der Waals surface area contributed by atoms with E-state index in [9.17, 15) is 14.4 Å². The molecule has 0 heterocycles. The molecule has 0 N–H and O–H groups in total. The molecule has 0 aromatic carbocycles. The van der Waals surface area contributed by atoms with E-state index in [1.165, 1.54) is 21.1 Å². The number of methoxy groups -OCH3 is 2. The van der Waals surface area contributed by atoms with E-state index < -0.39 is 17.9 Å². The first-order chi connectivity index (χ1) is 8.42. The third-order valence-electron chi connectivity index (χ3n) is 2.23. The van der Waals surface area contributed by atoms with Crippen molar-refractivity contribution in [3.05, 3.63) is 12.2 Å². The molecule has 0 aliphatic rings. The Bertz CT molecular complexity index is 317. The lowest BCUT2D eigenvalue weighted by Crippen LogP contribution is -2.27. The number of rotatable bonds is 7. The lowest BCUT2D eigenvalue weighted by atomic mass is 9.99. The highest BCUT2D eigenvalue weighted by molar-refractivity contribution is 5.95. The van der Waals surface area contributed by atoms with E-state index >= 15 is 0 Å². The minimum Gasteiger partial charge on any atom is -0.468 e. The number of carbonyl (C=O) groups is 3. The van der Waals surface area contributed by atoms with Crippen LogP contribution >= 0.6 is 0 Å². The molecule has 0 aliphatic heterocycles. The Labute approximate surface area is 106 Å². The zero-order valence-electron chi connectivity index (χ0n) is 10.9. The van der Waals surface area contributed by atoms with Crippen molar-refractivity contribution in [3.63, 3.8) is 0 Å².